The minimum atomic E-state index is -0.363. The van der Waals surface area contributed by atoms with Gasteiger partial charge in [-0.1, -0.05) is 15.9 Å². The second-order valence-electron chi connectivity index (χ2n) is 2.62. The van der Waals surface area contributed by atoms with Crippen molar-refractivity contribution >= 4 is 59.0 Å². The Morgan fingerprint density at radius 2 is 2.07 bits per heavy atom. The van der Waals surface area contributed by atoms with E-state index in [9.17, 15) is 10.1 Å². The van der Waals surface area contributed by atoms with Gasteiger partial charge in [0.25, 0.3) is 5.69 Å². The van der Waals surface area contributed by atoms with Crippen LogP contribution in [0.2, 0.25) is 0 Å². The Bertz CT molecular complexity index is 523. The highest BCUT2D eigenvalue weighted by molar-refractivity contribution is 9.11. The molecular formula is C8H3Br2NO2S. The number of rotatable bonds is 1. The molecule has 2 aromatic rings. The van der Waals surface area contributed by atoms with E-state index in [1.807, 2.05) is 6.07 Å². The first-order chi connectivity index (χ1) is 6.59. The average molecular weight is 337 g/mol. The Kier molecular flexibility index (Phi) is 2.59. The molecule has 1 aromatic carbocycles. The van der Waals surface area contributed by atoms with Crippen molar-refractivity contribution < 1.29 is 4.92 Å². The largest absolute Gasteiger partial charge is 0.287 e. The SMILES string of the molecule is O=[N+]([O-])c1ccc(Br)c2cc(Br)sc12. The van der Waals surface area contributed by atoms with Gasteiger partial charge in [0.05, 0.1) is 8.71 Å². The number of halogens is 2. The molecule has 1 aromatic heterocycles. The van der Waals surface area contributed by atoms with Gasteiger partial charge in [-0.15, -0.1) is 11.3 Å². The second-order valence-corrected chi connectivity index (χ2v) is 5.90. The lowest BCUT2D eigenvalue weighted by atomic mass is 10.2. The molecule has 0 aliphatic carbocycles. The van der Waals surface area contributed by atoms with Crippen LogP contribution < -0.4 is 0 Å². The molecule has 0 N–H and O–H groups in total. The minimum absolute atomic E-state index is 0.152. The molecule has 0 radical (unpaired) electrons. The van der Waals surface area contributed by atoms with E-state index in [0.29, 0.717) is 4.70 Å². The Morgan fingerprint density at radius 1 is 1.36 bits per heavy atom. The molecule has 0 saturated carbocycles. The maximum Gasteiger partial charge on any atom is 0.287 e. The summed E-state index contributed by atoms with van der Waals surface area (Å²) in [4.78, 5) is 10.4. The van der Waals surface area contributed by atoms with Crippen molar-refractivity contribution in [2.24, 2.45) is 0 Å². The van der Waals surface area contributed by atoms with Gasteiger partial charge in [0.1, 0.15) is 4.70 Å². The summed E-state index contributed by atoms with van der Waals surface area (Å²) in [5.74, 6) is 0. The molecule has 3 nitrogen and oxygen atoms in total. The van der Waals surface area contributed by atoms with Crippen LogP contribution in [0.3, 0.4) is 0 Å². The van der Waals surface area contributed by atoms with Crippen molar-refractivity contribution in [3.63, 3.8) is 0 Å². The third kappa shape index (κ3) is 1.57. The number of hydrogen-bond acceptors (Lipinski definition) is 3. The number of nitrogens with zero attached hydrogens (tertiary/aromatic N) is 1. The van der Waals surface area contributed by atoms with Crippen molar-refractivity contribution in [1.82, 2.24) is 0 Å². The van der Waals surface area contributed by atoms with Gasteiger partial charge in [-0.2, -0.15) is 0 Å². The summed E-state index contributed by atoms with van der Waals surface area (Å²) in [5, 5.41) is 11.6. The van der Waals surface area contributed by atoms with E-state index in [2.05, 4.69) is 31.9 Å². The third-order valence-electron chi connectivity index (χ3n) is 1.78. The van der Waals surface area contributed by atoms with Crippen molar-refractivity contribution in [3.05, 3.63) is 36.6 Å². The molecular weight excluding hydrogens is 334 g/mol. The van der Waals surface area contributed by atoms with Gasteiger partial charge < -0.3 is 0 Å². The Balaban J connectivity index is 2.87. The average Bonchev–Trinajstić information content (AvgIpc) is 2.47. The summed E-state index contributed by atoms with van der Waals surface area (Å²) >= 11 is 8.04. The summed E-state index contributed by atoms with van der Waals surface area (Å²) in [6, 6.07) is 5.08. The summed E-state index contributed by atoms with van der Waals surface area (Å²) in [5.41, 5.74) is 0.152. The van der Waals surface area contributed by atoms with Crippen LogP contribution in [0.5, 0.6) is 0 Å². The molecule has 0 aliphatic rings. The zero-order valence-electron chi connectivity index (χ0n) is 6.66. The quantitative estimate of drug-likeness (QED) is 0.574. The molecule has 6 heteroatoms. The summed E-state index contributed by atoms with van der Waals surface area (Å²) in [6.45, 7) is 0. The number of fused-ring (bicyclic) bond motifs is 1. The van der Waals surface area contributed by atoms with E-state index in [1.54, 1.807) is 6.07 Å². The highest BCUT2D eigenvalue weighted by atomic mass is 79.9. The number of nitro benzene ring substituents is 1. The lowest BCUT2D eigenvalue weighted by Gasteiger charge is -1.94. The molecule has 0 bridgehead atoms. The molecule has 0 atom stereocenters. The number of thiophene rings is 1. The highest BCUT2D eigenvalue weighted by Gasteiger charge is 2.15. The van der Waals surface area contributed by atoms with Crippen molar-refractivity contribution in [3.8, 4) is 0 Å². The second kappa shape index (κ2) is 3.60. The van der Waals surface area contributed by atoms with E-state index < -0.39 is 0 Å². The zero-order chi connectivity index (χ0) is 10.3. The summed E-state index contributed by atoms with van der Waals surface area (Å²) in [7, 11) is 0. The van der Waals surface area contributed by atoms with Crippen LogP contribution in [-0.2, 0) is 0 Å². The molecule has 2 rings (SSSR count). The first kappa shape index (κ1) is 10.1. The van der Waals surface area contributed by atoms with Crippen LogP contribution in [0, 0.1) is 10.1 Å². The van der Waals surface area contributed by atoms with Gasteiger partial charge in [0.15, 0.2) is 0 Å². The van der Waals surface area contributed by atoms with Crippen LogP contribution >= 0.6 is 43.2 Å². The third-order valence-corrected chi connectivity index (χ3v) is 4.13. The number of nitro groups is 1. The Morgan fingerprint density at radius 3 is 2.71 bits per heavy atom. The molecule has 0 unspecified atom stereocenters. The van der Waals surface area contributed by atoms with Crippen molar-refractivity contribution in [1.29, 1.82) is 0 Å². The van der Waals surface area contributed by atoms with E-state index in [4.69, 9.17) is 0 Å². The van der Waals surface area contributed by atoms with Gasteiger partial charge in [-0.25, -0.2) is 0 Å². The Labute approximate surface area is 100 Å². The van der Waals surface area contributed by atoms with Gasteiger partial charge >= 0.3 is 0 Å². The highest BCUT2D eigenvalue weighted by Crippen LogP contribution is 2.39. The van der Waals surface area contributed by atoms with E-state index in [0.717, 1.165) is 13.6 Å². The van der Waals surface area contributed by atoms with Gasteiger partial charge in [-0.05, 0) is 28.1 Å². The smallest absolute Gasteiger partial charge is 0.258 e. The molecule has 14 heavy (non-hydrogen) atoms. The van der Waals surface area contributed by atoms with E-state index in [1.165, 1.54) is 17.4 Å². The Hall–Kier alpha value is -0.460. The number of benzene rings is 1. The predicted octanol–water partition coefficient (Wildman–Crippen LogP) is 4.33. The summed E-state index contributed by atoms with van der Waals surface area (Å²) < 4.78 is 2.46. The van der Waals surface area contributed by atoms with Crippen LogP contribution in [0.4, 0.5) is 5.69 Å². The van der Waals surface area contributed by atoms with E-state index in [-0.39, 0.29) is 10.6 Å². The monoisotopic (exact) mass is 335 g/mol. The van der Waals surface area contributed by atoms with Crippen LogP contribution in [0.25, 0.3) is 10.1 Å². The first-order valence-electron chi connectivity index (χ1n) is 3.61. The molecule has 0 spiro atoms. The fourth-order valence-corrected chi connectivity index (χ4v) is 3.38. The van der Waals surface area contributed by atoms with Crippen molar-refractivity contribution in [2.45, 2.75) is 0 Å². The maximum absolute atomic E-state index is 10.7. The number of non-ortho nitro benzene ring substituents is 1. The van der Waals surface area contributed by atoms with E-state index >= 15 is 0 Å². The maximum atomic E-state index is 10.7. The molecule has 0 saturated heterocycles. The minimum Gasteiger partial charge on any atom is -0.258 e. The predicted molar refractivity (Wildman–Crippen MR) is 63.9 cm³/mol. The van der Waals surface area contributed by atoms with Gasteiger partial charge in [0.2, 0.25) is 0 Å². The topological polar surface area (TPSA) is 43.1 Å². The lowest BCUT2D eigenvalue weighted by Crippen LogP contribution is -1.87. The van der Waals surface area contributed by atoms with Crippen molar-refractivity contribution in [2.75, 3.05) is 0 Å². The molecule has 0 fully saturated rings. The standard InChI is InChI=1S/C8H3Br2NO2S/c9-5-1-2-6(11(12)13)8-4(5)3-7(10)14-8/h1-3H. The molecule has 72 valence electrons. The molecule has 0 aliphatic heterocycles. The van der Waals surface area contributed by atoms with Crippen LogP contribution in [0.15, 0.2) is 26.5 Å². The van der Waals surface area contributed by atoms with Crippen LogP contribution in [-0.4, -0.2) is 4.92 Å². The van der Waals surface area contributed by atoms with Crippen LogP contribution in [0.1, 0.15) is 0 Å². The zero-order valence-corrected chi connectivity index (χ0v) is 10.6. The van der Waals surface area contributed by atoms with Gasteiger partial charge in [-0.3, -0.25) is 10.1 Å². The normalized spacial score (nSPS) is 10.7. The van der Waals surface area contributed by atoms with Gasteiger partial charge in [0, 0.05) is 15.9 Å². The fraction of sp³-hybridized carbons (Fsp3) is 0. The molecule has 0 amide bonds. The lowest BCUT2D eigenvalue weighted by molar-refractivity contribution is -0.382. The first-order valence-corrected chi connectivity index (χ1v) is 6.02. The number of hydrogen-bond donors (Lipinski definition) is 0. The fourth-order valence-electron chi connectivity index (χ4n) is 1.19. The summed E-state index contributed by atoms with van der Waals surface area (Å²) in [6.07, 6.45) is 0. The molecule has 1 heterocycles.